The van der Waals surface area contributed by atoms with Crippen molar-refractivity contribution >= 4 is 17.9 Å². The van der Waals surface area contributed by atoms with E-state index in [0.717, 1.165) is 38.5 Å². The second-order valence-corrected chi connectivity index (χ2v) is 7.46. The van der Waals surface area contributed by atoms with Gasteiger partial charge in [0, 0.05) is 6.42 Å². The molecule has 0 aromatic rings. The van der Waals surface area contributed by atoms with E-state index in [1.54, 1.807) is 0 Å². The molecule has 142 valence electrons. The number of hydrogen-bond donors (Lipinski definition) is 2. The van der Waals surface area contributed by atoms with Gasteiger partial charge in [0.2, 0.25) is 0 Å². The molecule has 0 aromatic carbocycles. The predicted octanol–water partition coefficient (Wildman–Crippen LogP) is 3.29. The Bertz CT molecular complexity index is 494. The number of unbranched alkanes of at least 4 members (excludes halogenated alkanes) is 4. The summed E-state index contributed by atoms with van der Waals surface area (Å²) in [4.78, 5) is 35.5. The molecule has 2 aliphatic rings. The van der Waals surface area contributed by atoms with Gasteiger partial charge in [0.15, 0.2) is 0 Å². The smallest absolute Gasteiger partial charge is 0.322 e. The molecule has 0 radical (unpaired) electrons. The summed E-state index contributed by atoms with van der Waals surface area (Å²) < 4.78 is 4.68. The van der Waals surface area contributed by atoms with Crippen molar-refractivity contribution in [2.45, 2.75) is 83.1 Å². The average molecular weight is 352 g/mol. The van der Waals surface area contributed by atoms with E-state index in [1.165, 1.54) is 32.8 Å². The quantitative estimate of drug-likeness (QED) is 0.359. The van der Waals surface area contributed by atoms with Crippen LogP contribution in [0.25, 0.3) is 0 Å². The fraction of sp³-hybridized carbons (Fsp3) is 0.842. The Labute approximate surface area is 150 Å². The minimum atomic E-state index is -0.724. The molecule has 0 aromatic heterocycles. The van der Waals surface area contributed by atoms with Crippen molar-refractivity contribution < 1.29 is 19.1 Å². The van der Waals surface area contributed by atoms with Crippen LogP contribution < -0.4 is 10.6 Å². The summed E-state index contributed by atoms with van der Waals surface area (Å²) in [6.45, 7) is 2.20. The van der Waals surface area contributed by atoms with Crippen molar-refractivity contribution in [2.75, 3.05) is 7.11 Å². The van der Waals surface area contributed by atoms with Crippen molar-refractivity contribution in [2.24, 2.45) is 11.8 Å². The molecule has 6 heteroatoms. The molecule has 2 N–H and O–H groups in total. The molecule has 1 saturated heterocycles. The normalized spacial score (nSPS) is 28.2. The molecule has 25 heavy (non-hydrogen) atoms. The maximum Gasteiger partial charge on any atom is 0.322 e. The third-order valence-corrected chi connectivity index (χ3v) is 5.88. The highest BCUT2D eigenvalue weighted by Gasteiger charge is 2.57. The molecule has 1 aliphatic heterocycles. The third-order valence-electron chi connectivity index (χ3n) is 5.88. The van der Waals surface area contributed by atoms with Gasteiger partial charge in [-0.3, -0.25) is 14.9 Å². The maximum atomic E-state index is 12.5. The number of imide groups is 1. The van der Waals surface area contributed by atoms with Gasteiger partial charge in [0.05, 0.1) is 7.11 Å². The molecular formula is C19H32N2O4. The second kappa shape index (κ2) is 9.20. The number of amides is 3. The van der Waals surface area contributed by atoms with Crippen molar-refractivity contribution in [1.82, 2.24) is 10.6 Å². The lowest BCUT2D eigenvalue weighted by atomic mass is 9.77. The fourth-order valence-corrected chi connectivity index (χ4v) is 4.54. The highest BCUT2D eigenvalue weighted by Crippen LogP contribution is 2.46. The number of ether oxygens (including phenoxy) is 1. The number of methoxy groups -OCH3 is 1. The van der Waals surface area contributed by atoms with Gasteiger partial charge < -0.3 is 10.1 Å². The summed E-state index contributed by atoms with van der Waals surface area (Å²) in [5.41, 5.74) is -0.724. The Hall–Kier alpha value is -1.59. The summed E-state index contributed by atoms with van der Waals surface area (Å²) in [7, 11) is 1.40. The molecule has 6 nitrogen and oxygen atoms in total. The van der Waals surface area contributed by atoms with Crippen molar-refractivity contribution in [1.29, 1.82) is 0 Å². The number of urea groups is 1. The first-order valence-electron chi connectivity index (χ1n) is 9.74. The van der Waals surface area contributed by atoms with Crippen molar-refractivity contribution in [3.8, 4) is 0 Å². The van der Waals surface area contributed by atoms with Crippen LogP contribution in [0.5, 0.6) is 0 Å². The molecule has 3 atom stereocenters. The number of carbonyl (C=O) groups is 3. The molecule has 1 aliphatic carbocycles. The molecule has 0 bridgehead atoms. The zero-order valence-electron chi connectivity index (χ0n) is 15.6. The lowest BCUT2D eigenvalue weighted by Gasteiger charge is -2.31. The Morgan fingerprint density at radius 1 is 1.16 bits per heavy atom. The van der Waals surface area contributed by atoms with Crippen molar-refractivity contribution in [3.63, 3.8) is 0 Å². The van der Waals surface area contributed by atoms with E-state index >= 15 is 0 Å². The van der Waals surface area contributed by atoms with E-state index in [0.29, 0.717) is 12.3 Å². The van der Waals surface area contributed by atoms with Gasteiger partial charge in [-0.1, -0.05) is 45.4 Å². The zero-order valence-corrected chi connectivity index (χ0v) is 15.6. The Morgan fingerprint density at radius 3 is 2.56 bits per heavy atom. The molecule has 1 heterocycles. The van der Waals surface area contributed by atoms with Crippen LogP contribution in [0.2, 0.25) is 0 Å². The molecule has 3 amide bonds. The van der Waals surface area contributed by atoms with E-state index in [2.05, 4.69) is 22.3 Å². The standard InChI is InChI=1S/C19H32N2O4/c1-3-4-5-6-9-14-12-13-19(17(23)20-18(24)21-19)15(14)10-7-8-11-16(22)25-2/h14-15H,3-13H2,1-2H3,(H2,20,21,23,24). The van der Waals surface area contributed by atoms with Gasteiger partial charge in [-0.25, -0.2) is 4.79 Å². The fourth-order valence-electron chi connectivity index (χ4n) is 4.54. The number of esters is 1. The third kappa shape index (κ3) is 4.73. The number of nitrogens with one attached hydrogen (secondary N) is 2. The van der Waals surface area contributed by atoms with Crippen LogP contribution in [-0.4, -0.2) is 30.6 Å². The monoisotopic (exact) mass is 352 g/mol. The SMILES string of the molecule is CCCCCCC1CCC2(NC(=O)NC2=O)C1CCCCC(=O)OC. The van der Waals surface area contributed by atoms with Crippen LogP contribution in [0.3, 0.4) is 0 Å². The lowest BCUT2D eigenvalue weighted by Crippen LogP contribution is -2.51. The zero-order chi connectivity index (χ0) is 18.3. The van der Waals surface area contributed by atoms with E-state index in [9.17, 15) is 14.4 Å². The highest BCUT2D eigenvalue weighted by atomic mass is 16.5. The Balaban J connectivity index is 1.95. The molecular weight excluding hydrogens is 320 g/mol. The highest BCUT2D eigenvalue weighted by molar-refractivity contribution is 6.07. The summed E-state index contributed by atoms with van der Waals surface area (Å²) in [5, 5.41) is 5.36. The summed E-state index contributed by atoms with van der Waals surface area (Å²) in [5.74, 6) is 0.285. The van der Waals surface area contributed by atoms with Crippen LogP contribution >= 0.6 is 0 Å². The Morgan fingerprint density at radius 2 is 1.92 bits per heavy atom. The van der Waals surface area contributed by atoms with Gasteiger partial charge in [-0.2, -0.15) is 0 Å². The number of carbonyl (C=O) groups excluding carboxylic acids is 3. The van der Waals surface area contributed by atoms with Crippen LogP contribution in [0, 0.1) is 11.8 Å². The molecule has 2 fully saturated rings. The van der Waals surface area contributed by atoms with Gasteiger partial charge in [0.1, 0.15) is 5.54 Å². The van der Waals surface area contributed by atoms with E-state index in [4.69, 9.17) is 0 Å². The summed E-state index contributed by atoms with van der Waals surface area (Å²) in [6, 6.07) is -0.365. The van der Waals surface area contributed by atoms with Crippen LogP contribution in [0.4, 0.5) is 4.79 Å². The van der Waals surface area contributed by atoms with Crippen LogP contribution in [0.15, 0.2) is 0 Å². The van der Waals surface area contributed by atoms with E-state index < -0.39 is 5.54 Å². The predicted molar refractivity (Wildman–Crippen MR) is 94.9 cm³/mol. The number of rotatable bonds is 10. The minimum Gasteiger partial charge on any atom is -0.469 e. The summed E-state index contributed by atoms with van der Waals surface area (Å²) >= 11 is 0. The van der Waals surface area contributed by atoms with Crippen molar-refractivity contribution in [3.05, 3.63) is 0 Å². The largest absolute Gasteiger partial charge is 0.469 e. The van der Waals surface area contributed by atoms with Gasteiger partial charge >= 0.3 is 12.0 Å². The van der Waals surface area contributed by atoms with E-state index in [1.807, 2.05) is 0 Å². The molecule has 2 rings (SSSR count). The second-order valence-electron chi connectivity index (χ2n) is 7.46. The van der Waals surface area contributed by atoms with E-state index in [-0.39, 0.29) is 23.8 Å². The lowest BCUT2D eigenvalue weighted by molar-refractivity contribution is -0.140. The first-order valence-corrected chi connectivity index (χ1v) is 9.74. The summed E-state index contributed by atoms with van der Waals surface area (Å²) in [6.07, 6.45) is 10.6. The molecule has 3 unspecified atom stereocenters. The molecule has 1 saturated carbocycles. The Kier molecular flexibility index (Phi) is 7.26. The van der Waals surface area contributed by atoms with Crippen LogP contribution in [0.1, 0.15) is 77.6 Å². The first kappa shape index (κ1) is 19.7. The molecule has 1 spiro atoms. The van der Waals surface area contributed by atoms with Gasteiger partial charge in [0.25, 0.3) is 5.91 Å². The topological polar surface area (TPSA) is 84.5 Å². The van der Waals surface area contributed by atoms with Gasteiger partial charge in [-0.05, 0) is 37.5 Å². The van der Waals surface area contributed by atoms with Crippen LogP contribution in [-0.2, 0) is 14.3 Å². The minimum absolute atomic E-state index is 0.161. The average Bonchev–Trinajstić information content (AvgIpc) is 3.08. The van der Waals surface area contributed by atoms with Gasteiger partial charge in [-0.15, -0.1) is 0 Å². The maximum absolute atomic E-state index is 12.5. The first-order chi connectivity index (χ1) is 12.0. The number of hydrogen-bond acceptors (Lipinski definition) is 4.